The molecule has 0 bridgehead atoms. The van der Waals surface area contributed by atoms with Crippen LogP contribution in [0.2, 0.25) is 0 Å². The third-order valence-corrected chi connectivity index (χ3v) is 3.30. The van der Waals surface area contributed by atoms with Gasteiger partial charge in [-0.05, 0) is 37.1 Å². The fraction of sp³-hybridized carbons (Fsp3) is 0.267. The fourth-order valence-corrected chi connectivity index (χ4v) is 2.11. The van der Waals surface area contributed by atoms with E-state index in [4.69, 9.17) is 4.74 Å². The summed E-state index contributed by atoms with van der Waals surface area (Å²) in [6.45, 7) is 3.80. The maximum atomic E-state index is 12.3. The predicted molar refractivity (Wildman–Crippen MR) is 68.3 cm³/mol. The average Bonchev–Trinajstić information content (AvgIpc) is 2.36. The first-order valence-electron chi connectivity index (χ1n) is 5.63. The summed E-state index contributed by atoms with van der Waals surface area (Å²) in [7, 11) is 1.63. The van der Waals surface area contributed by atoms with Gasteiger partial charge in [0.25, 0.3) is 0 Å². The summed E-state index contributed by atoms with van der Waals surface area (Å²) in [5.74, 6) is 0.960. The van der Waals surface area contributed by atoms with E-state index < -0.39 is 5.41 Å². The van der Waals surface area contributed by atoms with Crippen LogP contribution in [-0.4, -0.2) is 12.9 Å². The van der Waals surface area contributed by atoms with Crippen LogP contribution in [0.25, 0.3) is 0 Å². The summed E-state index contributed by atoms with van der Waals surface area (Å²) in [6.07, 6.45) is 5.75. The molecule has 0 amide bonds. The van der Waals surface area contributed by atoms with E-state index in [-0.39, 0.29) is 5.78 Å². The van der Waals surface area contributed by atoms with E-state index in [1.54, 1.807) is 7.11 Å². The van der Waals surface area contributed by atoms with Crippen LogP contribution in [0.15, 0.2) is 48.1 Å². The molecule has 1 aromatic rings. The monoisotopic (exact) mass is 228 g/mol. The molecule has 0 heterocycles. The number of carbonyl (C=O) groups is 1. The van der Waals surface area contributed by atoms with Crippen LogP contribution in [0.3, 0.4) is 0 Å². The lowest BCUT2D eigenvalue weighted by Gasteiger charge is -2.27. The SMILES string of the molecule is COc1ccc(C2(C)C=CC=C(C)C2=O)cc1. The first-order valence-corrected chi connectivity index (χ1v) is 5.63. The maximum absolute atomic E-state index is 12.3. The van der Waals surface area contributed by atoms with Gasteiger partial charge >= 0.3 is 0 Å². The minimum Gasteiger partial charge on any atom is -0.497 e. The summed E-state index contributed by atoms with van der Waals surface area (Å²) in [4.78, 5) is 12.3. The lowest BCUT2D eigenvalue weighted by Crippen LogP contribution is -2.32. The smallest absolute Gasteiger partial charge is 0.172 e. The van der Waals surface area contributed by atoms with E-state index in [2.05, 4.69) is 0 Å². The van der Waals surface area contributed by atoms with Crippen molar-refractivity contribution in [3.63, 3.8) is 0 Å². The predicted octanol–water partition coefficient (Wildman–Crippen LogP) is 3.04. The first kappa shape index (κ1) is 11.6. The van der Waals surface area contributed by atoms with Crippen molar-refractivity contribution in [2.45, 2.75) is 19.3 Å². The van der Waals surface area contributed by atoms with Crippen LogP contribution in [-0.2, 0) is 10.2 Å². The molecule has 88 valence electrons. The Morgan fingerprint density at radius 3 is 2.41 bits per heavy atom. The zero-order chi connectivity index (χ0) is 12.5. The molecule has 1 aromatic carbocycles. The molecule has 0 spiro atoms. The first-order chi connectivity index (χ1) is 8.08. The highest BCUT2D eigenvalue weighted by Crippen LogP contribution is 2.32. The second-order valence-electron chi connectivity index (χ2n) is 4.47. The second kappa shape index (κ2) is 4.21. The molecular weight excluding hydrogens is 212 g/mol. The minimum absolute atomic E-state index is 0.158. The molecule has 1 atom stereocenters. The normalized spacial score (nSPS) is 23.5. The average molecular weight is 228 g/mol. The number of benzene rings is 1. The number of hydrogen-bond donors (Lipinski definition) is 0. The molecule has 1 aliphatic rings. The van der Waals surface area contributed by atoms with Crippen LogP contribution in [0.5, 0.6) is 5.75 Å². The summed E-state index contributed by atoms with van der Waals surface area (Å²) in [5.41, 5.74) is 1.24. The van der Waals surface area contributed by atoms with Gasteiger partial charge in [-0.2, -0.15) is 0 Å². The summed E-state index contributed by atoms with van der Waals surface area (Å²) in [5, 5.41) is 0. The lowest BCUT2D eigenvalue weighted by atomic mass is 9.74. The van der Waals surface area contributed by atoms with E-state index in [1.165, 1.54) is 0 Å². The van der Waals surface area contributed by atoms with E-state index in [1.807, 2.05) is 56.3 Å². The van der Waals surface area contributed by atoms with Crippen LogP contribution in [0, 0.1) is 0 Å². The zero-order valence-electron chi connectivity index (χ0n) is 10.4. The third kappa shape index (κ3) is 1.91. The van der Waals surface area contributed by atoms with Gasteiger partial charge in [0.2, 0.25) is 0 Å². The van der Waals surface area contributed by atoms with Crippen molar-refractivity contribution in [1.29, 1.82) is 0 Å². The van der Waals surface area contributed by atoms with Gasteiger partial charge in [-0.3, -0.25) is 4.79 Å². The Kier molecular flexibility index (Phi) is 2.88. The van der Waals surface area contributed by atoms with Crippen molar-refractivity contribution in [1.82, 2.24) is 0 Å². The second-order valence-corrected chi connectivity index (χ2v) is 4.47. The van der Waals surface area contributed by atoms with E-state index >= 15 is 0 Å². The number of Topliss-reactive ketones (excluding diaryl/α,β-unsaturated/α-hetero) is 1. The van der Waals surface area contributed by atoms with Gasteiger partial charge in [0.05, 0.1) is 12.5 Å². The lowest BCUT2D eigenvalue weighted by molar-refractivity contribution is -0.118. The quantitative estimate of drug-likeness (QED) is 0.777. The Morgan fingerprint density at radius 1 is 1.18 bits per heavy atom. The van der Waals surface area contributed by atoms with Gasteiger partial charge in [-0.1, -0.05) is 30.4 Å². The third-order valence-electron chi connectivity index (χ3n) is 3.30. The molecule has 17 heavy (non-hydrogen) atoms. The summed E-state index contributed by atoms with van der Waals surface area (Å²) >= 11 is 0. The number of ether oxygens (including phenoxy) is 1. The van der Waals surface area contributed by atoms with Crippen molar-refractivity contribution in [2.24, 2.45) is 0 Å². The van der Waals surface area contributed by atoms with Crippen molar-refractivity contribution in [3.05, 3.63) is 53.6 Å². The highest BCUT2D eigenvalue weighted by molar-refractivity contribution is 6.05. The number of methoxy groups -OCH3 is 1. The topological polar surface area (TPSA) is 26.3 Å². The minimum atomic E-state index is -0.550. The molecule has 2 rings (SSSR count). The molecule has 0 fully saturated rings. The Bertz CT molecular complexity index is 494. The molecular formula is C15H16O2. The Labute approximate surface area is 102 Å². The van der Waals surface area contributed by atoms with Gasteiger partial charge < -0.3 is 4.74 Å². The van der Waals surface area contributed by atoms with Crippen LogP contribution < -0.4 is 4.74 Å². The Balaban J connectivity index is 2.41. The van der Waals surface area contributed by atoms with E-state index in [0.29, 0.717) is 0 Å². The van der Waals surface area contributed by atoms with Crippen molar-refractivity contribution in [2.75, 3.05) is 7.11 Å². The molecule has 2 nitrogen and oxygen atoms in total. The number of carbonyl (C=O) groups excluding carboxylic acids is 1. The number of allylic oxidation sites excluding steroid dienone is 4. The van der Waals surface area contributed by atoms with Crippen LogP contribution in [0.4, 0.5) is 0 Å². The molecule has 0 aromatic heterocycles. The van der Waals surface area contributed by atoms with Crippen molar-refractivity contribution in [3.8, 4) is 5.75 Å². The van der Waals surface area contributed by atoms with E-state index in [0.717, 1.165) is 16.9 Å². The van der Waals surface area contributed by atoms with Gasteiger partial charge in [0, 0.05) is 0 Å². The molecule has 0 saturated carbocycles. The zero-order valence-corrected chi connectivity index (χ0v) is 10.4. The van der Waals surface area contributed by atoms with E-state index in [9.17, 15) is 4.79 Å². The molecule has 0 aliphatic heterocycles. The maximum Gasteiger partial charge on any atom is 0.172 e. The van der Waals surface area contributed by atoms with Gasteiger partial charge in [0.15, 0.2) is 5.78 Å². The van der Waals surface area contributed by atoms with Crippen molar-refractivity contribution >= 4 is 5.78 Å². The highest BCUT2D eigenvalue weighted by Gasteiger charge is 2.34. The standard InChI is InChI=1S/C15H16O2/c1-11-5-4-10-15(2,14(11)16)12-6-8-13(17-3)9-7-12/h4-10H,1-3H3. The molecule has 0 radical (unpaired) electrons. The Hall–Kier alpha value is -1.83. The molecule has 0 N–H and O–H groups in total. The van der Waals surface area contributed by atoms with Crippen molar-refractivity contribution < 1.29 is 9.53 Å². The van der Waals surface area contributed by atoms with Gasteiger partial charge in [-0.15, -0.1) is 0 Å². The Morgan fingerprint density at radius 2 is 1.82 bits per heavy atom. The van der Waals surface area contributed by atoms with Crippen LogP contribution >= 0.6 is 0 Å². The summed E-state index contributed by atoms with van der Waals surface area (Å²) in [6, 6.07) is 7.66. The van der Waals surface area contributed by atoms with Gasteiger partial charge in [0.1, 0.15) is 5.75 Å². The van der Waals surface area contributed by atoms with Gasteiger partial charge in [-0.25, -0.2) is 0 Å². The fourth-order valence-electron chi connectivity index (χ4n) is 2.11. The molecule has 1 aliphatic carbocycles. The van der Waals surface area contributed by atoms with Crippen LogP contribution in [0.1, 0.15) is 19.4 Å². The highest BCUT2D eigenvalue weighted by atomic mass is 16.5. The molecule has 1 unspecified atom stereocenters. The largest absolute Gasteiger partial charge is 0.497 e. The molecule has 2 heteroatoms. The number of rotatable bonds is 2. The number of hydrogen-bond acceptors (Lipinski definition) is 2. The summed E-state index contributed by atoms with van der Waals surface area (Å²) < 4.78 is 5.12. The molecule has 0 saturated heterocycles. The number of ketones is 1.